The van der Waals surface area contributed by atoms with Crippen LogP contribution in [-0.2, 0) is 5.60 Å². The number of alkyl halides is 3. The maximum absolute atomic E-state index is 13.1. The van der Waals surface area contributed by atoms with Crippen molar-refractivity contribution >= 4 is 5.91 Å². The van der Waals surface area contributed by atoms with Gasteiger partial charge in [-0.3, -0.25) is 4.79 Å². The number of halogens is 3. The van der Waals surface area contributed by atoms with Crippen molar-refractivity contribution < 1.29 is 23.1 Å². The summed E-state index contributed by atoms with van der Waals surface area (Å²) in [6.07, 6.45) is -3.08. The van der Waals surface area contributed by atoms with E-state index in [0.717, 1.165) is 30.5 Å². The number of hydrogen-bond donors (Lipinski definition) is 1. The minimum atomic E-state index is -4.82. The summed E-state index contributed by atoms with van der Waals surface area (Å²) in [5.41, 5.74) is -1.64. The monoisotopic (exact) mass is 402 g/mol. The molecule has 2 atom stereocenters. The fourth-order valence-electron chi connectivity index (χ4n) is 3.26. The molecule has 3 rings (SSSR count). The average Bonchev–Trinajstić information content (AvgIpc) is 3.52. The minimum Gasteiger partial charge on any atom is -0.376 e. The van der Waals surface area contributed by atoms with E-state index in [1.54, 1.807) is 29.2 Å². The SMILES string of the molecule is C[C@@H](c1ccc(C#N)cc1)N(C(=O)c1ccc([C@](C)(O)C(F)(F)F)cc1)C1CC1. The molecule has 1 fully saturated rings. The number of nitriles is 1. The van der Waals surface area contributed by atoms with Gasteiger partial charge < -0.3 is 10.0 Å². The Morgan fingerprint density at radius 3 is 2.14 bits per heavy atom. The lowest BCUT2D eigenvalue weighted by Crippen LogP contribution is -2.39. The van der Waals surface area contributed by atoms with Gasteiger partial charge in [0.2, 0.25) is 0 Å². The Morgan fingerprint density at radius 2 is 1.69 bits per heavy atom. The zero-order valence-corrected chi connectivity index (χ0v) is 16.1. The van der Waals surface area contributed by atoms with E-state index in [-0.39, 0.29) is 29.1 Å². The largest absolute Gasteiger partial charge is 0.421 e. The summed E-state index contributed by atoms with van der Waals surface area (Å²) in [6.45, 7) is 2.58. The molecule has 0 aromatic heterocycles. The topological polar surface area (TPSA) is 64.3 Å². The first-order valence-electron chi connectivity index (χ1n) is 9.28. The van der Waals surface area contributed by atoms with Gasteiger partial charge in [0.05, 0.1) is 17.7 Å². The molecule has 1 aliphatic carbocycles. The first kappa shape index (κ1) is 20.9. The molecule has 0 heterocycles. The van der Waals surface area contributed by atoms with Crippen molar-refractivity contribution in [2.75, 3.05) is 0 Å². The van der Waals surface area contributed by atoms with Crippen LogP contribution >= 0.6 is 0 Å². The van der Waals surface area contributed by atoms with Crippen LogP contribution in [0.15, 0.2) is 48.5 Å². The Hall–Kier alpha value is -2.85. The van der Waals surface area contributed by atoms with Crippen molar-refractivity contribution in [3.8, 4) is 6.07 Å². The fraction of sp³-hybridized carbons (Fsp3) is 0.364. The average molecular weight is 402 g/mol. The van der Waals surface area contributed by atoms with Gasteiger partial charge in [-0.1, -0.05) is 24.3 Å². The number of benzene rings is 2. The minimum absolute atomic E-state index is 0.0751. The van der Waals surface area contributed by atoms with E-state index >= 15 is 0 Å². The Balaban J connectivity index is 1.85. The van der Waals surface area contributed by atoms with E-state index in [4.69, 9.17) is 5.26 Å². The van der Waals surface area contributed by atoms with E-state index in [1.807, 2.05) is 6.92 Å². The summed E-state index contributed by atoms with van der Waals surface area (Å²) >= 11 is 0. The normalized spacial score (nSPS) is 17.1. The van der Waals surface area contributed by atoms with Crippen LogP contribution in [0.25, 0.3) is 0 Å². The molecular weight excluding hydrogens is 381 g/mol. The Morgan fingerprint density at radius 1 is 1.14 bits per heavy atom. The molecule has 1 N–H and O–H groups in total. The van der Waals surface area contributed by atoms with Crippen molar-refractivity contribution in [3.05, 3.63) is 70.8 Å². The van der Waals surface area contributed by atoms with E-state index in [2.05, 4.69) is 6.07 Å². The van der Waals surface area contributed by atoms with E-state index in [0.29, 0.717) is 12.5 Å². The van der Waals surface area contributed by atoms with Crippen molar-refractivity contribution in [1.82, 2.24) is 4.90 Å². The van der Waals surface area contributed by atoms with Crippen LogP contribution in [0.5, 0.6) is 0 Å². The highest BCUT2D eigenvalue weighted by Crippen LogP contribution is 2.39. The molecule has 29 heavy (non-hydrogen) atoms. The van der Waals surface area contributed by atoms with Gasteiger partial charge in [-0.15, -0.1) is 0 Å². The van der Waals surface area contributed by atoms with E-state index in [1.165, 1.54) is 12.1 Å². The van der Waals surface area contributed by atoms with Gasteiger partial charge in [-0.05, 0) is 62.1 Å². The highest BCUT2D eigenvalue weighted by atomic mass is 19.4. The lowest BCUT2D eigenvalue weighted by atomic mass is 9.94. The van der Waals surface area contributed by atoms with Gasteiger partial charge in [-0.2, -0.15) is 18.4 Å². The molecule has 7 heteroatoms. The summed E-state index contributed by atoms with van der Waals surface area (Å²) in [4.78, 5) is 14.8. The Bertz CT molecular complexity index is 925. The highest BCUT2D eigenvalue weighted by Gasteiger charge is 2.51. The predicted molar refractivity (Wildman–Crippen MR) is 101 cm³/mol. The van der Waals surface area contributed by atoms with Crippen molar-refractivity contribution in [2.45, 2.75) is 50.6 Å². The van der Waals surface area contributed by atoms with E-state index in [9.17, 15) is 23.1 Å². The van der Waals surface area contributed by atoms with Gasteiger partial charge in [-0.25, -0.2) is 0 Å². The fourth-order valence-corrected chi connectivity index (χ4v) is 3.26. The second-order valence-corrected chi connectivity index (χ2v) is 7.50. The number of rotatable bonds is 5. The molecule has 0 unspecified atom stereocenters. The van der Waals surface area contributed by atoms with Crippen LogP contribution in [0.4, 0.5) is 13.2 Å². The molecule has 1 amide bonds. The first-order valence-corrected chi connectivity index (χ1v) is 9.28. The summed E-state index contributed by atoms with van der Waals surface area (Å²) in [7, 11) is 0. The highest BCUT2D eigenvalue weighted by molar-refractivity contribution is 5.95. The number of nitrogens with zero attached hydrogens (tertiary/aromatic N) is 2. The number of aliphatic hydroxyl groups is 1. The van der Waals surface area contributed by atoms with E-state index < -0.39 is 11.8 Å². The van der Waals surface area contributed by atoms with Crippen molar-refractivity contribution in [3.63, 3.8) is 0 Å². The molecule has 4 nitrogen and oxygen atoms in total. The molecule has 0 bridgehead atoms. The van der Waals surface area contributed by atoms with Gasteiger partial charge in [0, 0.05) is 11.6 Å². The molecule has 1 aliphatic rings. The second-order valence-electron chi connectivity index (χ2n) is 7.50. The van der Waals surface area contributed by atoms with Crippen LogP contribution < -0.4 is 0 Å². The van der Waals surface area contributed by atoms with Crippen LogP contribution in [0.1, 0.15) is 59.8 Å². The van der Waals surface area contributed by atoms with Gasteiger partial charge in [0.1, 0.15) is 0 Å². The Labute approximate surface area is 167 Å². The maximum Gasteiger partial charge on any atom is 0.421 e. The molecule has 1 saturated carbocycles. The van der Waals surface area contributed by atoms with Crippen LogP contribution in [0.2, 0.25) is 0 Å². The van der Waals surface area contributed by atoms with Crippen LogP contribution in [-0.4, -0.2) is 28.1 Å². The molecule has 2 aromatic carbocycles. The lowest BCUT2D eigenvalue weighted by molar-refractivity contribution is -0.258. The molecular formula is C22H21F3N2O2. The van der Waals surface area contributed by atoms with Crippen molar-refractivity contribution in [1.29, 1.82) is 5.26 Å². The number of amides is 1. The smallest absolute Gasteiger partial charge is 0.376 e. The molecule has 0 aliphatic heterocycles. The standard InChI is InChI=1S/C22H21F3N2O2/c1-14(16-5-3-15(13-26)4-6-16)27(19-11-12-19)20(28)17-7-9-18(10-8-17)21(2,29)22(23,24)25/h3-10,14,19,29H,11-12H2,1-2H3/t14-,21-/m0/s1. The molecule has 0 saturated heterocycles. The summed E-state index contributed by atoms with van der Waals surface area (Å²) in [6, 6.07) is 13.8. The summed E-state index contributed by atoms with van der Waals surface area (Å²) in [5, 5.41) is 18.7. The van der Waals surface area contributed by atoms with Gasteiger partial charge in [0.15, 0.2) is 5.60 Å². The van der Waals surface area contributed by atoms with Crippen LogP contribution in [0.3, 0.4) is 0 Å². The second kappa shape index (κ2) is 7.53. The summed E-state index contributed by atoms with van der Waals surface area (Å²) < 4.78 is 39.1. The van der Waals surface area contributed by atoms with Crippen LogP contribution in [0, 0.1) is 11.3 Å². The first-order chi connectivity index (χ1) is 13.6. The zero-order valence-electron chi connectivity index (χ0n) is 16.1. The Kier molecular flexibility index (Phi) is 5.42. The molecule has 2 aromatic rings. The molecule has 0 radical (unpaired) electrons. The number of carbonyl (C=O) groups excluding carboxylic acids is 1. The predicted octanol–water partition coefficient (Wildman–Crippen LogP) is 4.69. The van der Waals surface area contributed by atoms with Gasteiger partial charge >= 0.3 is 6.18 Å². The zero-order chi connectivity index (χ0) is 21.4. The van der Waals surface area contributed by atoms with Crippen molar-refractivity contribution in [2.24, 2.45) is 0 Å². The quantitative estimate of drug-likeness (QED) is 0.789. The number of hydrogen-bond acceptors (Lipinski definition) is 3. The summed E-state index contributed by atoms with van der Waals surface area (Å²) in [5.74, 6) is -0.275. The molecule has 0 spiro atoms. The third kappa shape index (κ3) is 4.13. The van der Waals surface area contributed by atoms with Gasteiger partial charge in [0.25, 0.3) is 5.91 Å². The molecule has 152 valence electrons. The maximum atomic E-state index is 13.1. The lowest BCUT2D eigenvalue weighted by Gasteiger charge is -2.30. The number of carbonyl (C=O) groups is 1. The third-order valence-corrected chi connectivity index (χ3v) is 5.36. The third-order valence-electron chi connectivity index (χ3n) is 5.36.